The molecule has 3 aromatic carbocycles. The van der Waals surface area contributed by atoms with E-state index in [0.717, 1.165) is 18.4 Å². The molecule has 0 saturated carbocycles. The second kappa shape index (κ2) is 11.6. The Hall–Kier alpha value is -4.72. The number of carbonyl (C=O) groups is 1. The van der Waals surface area contributed by atoms with Crippen molar-refractivity contribution in [3.63, 3.8) is 0 Å². The van der Waals surface area contributed by atoms with Crippen LogP contribution in [0.4, 0.5) is 5.69 Å². The molecule has 4 aromatic rings. The third-order valence-electron chi connectivity index (χ3n) is 6.92. The number of anilines is 1. The third-order valence-corrected chi connectivity index (χ3v) is 6.92. The van der Waals surface area contributed by atoms with Gasteiger partial charge in [-0.2, -0.15) is 0 Å². The van der Waals surface area contributed by atoms with Crippen LogP contribution in [0.3, 0.4) is 0 Å². The van der Waals surface area contributed by atoms with Gasteiger partial charge in [0.05, 0.1) is 21.3 Å². The Bertz CT molecular complexity index is 1640. The van der Waals surface area contributed by atoms with Crippen molar-refractivity contribution in [3.8, 4) is 34.1 Å². The van der Waals surface area contributed by atoms with Crippen LogP contribution >= 0.6 is 0 Å². The Balaban J connectivity index is 1.43. The highest BCUT2D eigenvalue weighted by molar-refractivity contribution is 6.06. The van der Waals surface area contributed by atoms with E-state index in [1.807, 2.05) is 30.3 Å². The number of methoxy groups -OCH3 is 3. The molecule has 1 N–H and O–H groups in total. The molecule has 1 aliphatic rings. The first-order chi connectivity index (χ1) is 19.4. The summed E-state index contributed by atoms with van der Waals surface area (Å²) in [5, 5.41) is 3.27. The van der Waals surface area contributed by atoms with Crippen LogP contribution < -0.4 is 29.9 Å². The molecule has 206 valence electrons. The van der Waals surface area contributed by atoms with Crippen molar-refractivity contribution < 1.29 is 28.2 Å². The number of hydrogen-bond donors (Lipinski definition) is 1. The summed E-state index contributed by atoms with van der Waals surface area (Å²) in [5.74, 6) is 2.14. The molecule has 0 bridgehead atoms. The molecule has 40 heavy (non-hydrogen) atoms. The molecule has 8 heteroatoms. The Morgan fingerprint density at radius 2 is 1.77 bits per heavy atom. The SMILES string of the molecule is COc1cccc(-c2cc(C(=O)Nc3cc4ccc(OC5C=CCC(C)C5)c(OC)c4oc3=O)ccc2OC)c1. The van der Waals surface area contributed by atoms with Crippen LogP contribution in [0.1, 0.15) is 30.1 Å². The summed E-state index contributed by atoms with van der Waals surface area (Å²) in [7, 11) is 4.66. The van der Waals surface area contributed by atoms with E-state index in [2.05, 4.69) is 18.3 Å². The standard InChI is InChI=1S/C32H31NO7/c1-19-7-5-10-24(15-19)39-28-14-11-21-18-26(32(35)40-29(21)30(28)38-4)33-31(34)22-12-13-27(37-3)25(17-22)20-8-6-9-23(16-20)36-2/h5-6,8-14,16-19,24H,7,15H2,1-4H3,(H,33,34). The lowest BCUT2D eigenvalue weighted by molar-refractivity contribution is 0.102. The number of allylic oxidation sites excluding steroid dienone is 1. The molecule has 2 unspecified atom stereocenters. The minimum atomic E-state index is -0.705. The van der Waals surface area contributed by atoms with Gasteiger partial charge in [0.25, 0.3) is 5.91 Å². The molecular weight excluding hydrogens is 510 g/mol. The van der Waals surface area contributed by atoms with Gasteiger partial charge in [0.2, 0.25) is 5.75 Å². The second-order valence-electron chi connectivity index (χ2n) is 9.73. The van der Waals surface area contributed by atoms with Crippen LogP contribution in [0.2, 0.25) is 0 Å². The highest BCUT2D eigenvalue weighted by Crippen LogP contribution is 2.38. The van der Waals surface area contributed by atoms with E-state index in [-0.39, 0.29) is 17.4 Å². The van der Waals surface area contributed by atoms with Gasteiger partial charge in [0.15, 0.2) is 11.3 Å². The number of ether oxygens (including phenoxy) is 4. The molecule has 0 fully saturated rings. The number of amides is 1. The van der Waals surface area contributed by atoms with E-state index in [4.69, 9.17) is 23.4 Å². The van der Waals surface area contributed by atoms with Gasteiger partial charge in [-0.3, -0.25) is 4.79 Å². The van der Waals surface area contributed by atoms with Crippen molar-refractivity contribution >= 4 is 22.6 Å². The zero-order valence-electron chi connectivity index (χ0n) is 22.9. The highest BCUT2D eigenvalue weighted by atomic mass is 16.5. The molecule has 2 atom stereocenters. The highest BCUT2D eigenvalue weighted by Gasteiger charge is 2.21. The van der Waals surface area contributed by atoms with Gasteiger partial charge >= 0.3 is 5.63 Å². The van der Waals surface area contributed by atoms with Crippen LogP contribution in [0.5, 0.6) is 23.0 Å². The molecule has 1 amide bonds. The molecule has 1 aliphatic carbocycles. The monoisotopic (exact) mass is 541 g/mol. The summed E-state index contributed by atoms with van der Waals surface area (Å²) < 4.78 is 28.2. The largest absolute Gasteiger partial charge is 0.497 e. The number of rotatable bonds is 8. The smallest absolute Gasteiger partial charge is 0.360 e. The first-order valence-electron chi connectivity index (χ1n) is 13.0. The lowest BCUT2D eigenvalue weighted by Crippen LogP contribution is -2.20. The van der Waals surface area contributed by atoms with Gasteiger partial charge in [0.1, 0.15) is 23.3 Å². The zero-order valence-corrected chi connectivity index (χ0v) is 22.9. The van der Waals surface area contributed by atoms with Crippen molar-refractivity contribution in [2.45, 2.75) is 25.9 Å². The maximum Gasteiger partial charge on any atom is 0.360 e. The average Bonchev–Trinajstić information content (AvgIpc) is 2.97. The van der Waals surface area contributed by atoms with Crippen molar-refractivity contribution in [1.82, 2.24) is 0 Å². The maximum absolute atomic E-state index is 13.2. The summed E-state index contributed by atoms with van der Waals surface area (Å²) in [4.78, 5) is 26.2. The van der Waals surface area contributed by atoms with E-state index in [9.17, 15) is 9.59 Å². The minimum absolute atomic E-state index is 0.0102. The first-order valence-corrected chi connectivity index (χ1v) is 13.0. The number of nitrogens with one attached hydrogen (secondary N) is 1. The number of carbonyl (C=O) groups excluding carboxylic acids is 1. The molecule has 0 radical (unpaired) electrons. The molecule has 0 saturated heterocycles. The summed E-state index contributed by atoms with van der Waals surface area (Å²) >= 11 is 0. The minimum Gasteiger partial charge on any atom is -0.497 e. The number of fused-ring (bicyclic) bond motifs is 1. The van der Waals surface area contributed by atoms with E-state index in [1.54, 1.807) is 50.6 Å². The van der Waals surface area contributed by atoms with E-state index in [1.165, 1.54) is 7.11 Å². The Morgan fingerprint density at radius 3 is 2.52 bits per heavy atom. The second-order valence-corrected chi connectivity index (χ2v) is 9.73. The van der Waals surface area contributed by atoms with E-state index in [0.29, 0.717) is 45.4 Å². The molecule has 8 nitrogen and oxygen atoms in total. The summed E-state index contributed by atoms with van der Waals surface area (Å²) in [6.07, 6.45) is 5.97. The molecule has 0 spiro atoms. The number of hydrogen-bond acceptors (Lipinski definition) is 7. The maximum atomic E-state index is 13.2. The summed E-state index contributed by atoms with van der Waals surface area (Å²) in [5.41, 5.74) is 1.42. The van der Waals surface area contributed by atoms with Crippen LogP contribution in [-0.4, -0.2) is 33.3 Å². The Kier molecular flexibility index (Phi) is 7.77. The van der Waals surface area contributed by atoms with Gasteiger partial charge in [-0.25, -0.2) is 4.79 Å². The Labute approximate surface area is 232 Å². The number of benzene rings is 3. The first kappa shape index (κ1) is 26.9. The topological polar surface area (TPSA) is 96.2 Å². The summed E-state index contributed by atoms with van der Waals surface area (Å²) in [6, 6.07) is 17.6. The third kappa shape index (κ3) is 5.52. The van der Waals surface area contributed by atoms with Gasteiger partial charge in [-0.1, -0.05) is 25.1 Å². The van der Waals surface area contributed by atoms with Crippen molar-refractivity contribution in [1.29, 1.82) is 0 Å². The average molecular weight is 542 g/mol. The van der Waals surface area contributed by atoms with E-state index < -0.39 is 11.5 Å². The predicted octanol–water partition coefficient (Wildman–Crippen LogP) is 6.47. The molecule has 1 heterocycles. The van der Waals surface area contributed by atoms with Crippen LogP contribution in [0, 0.1) is 5.92 Å². The normalized spacial score (nSPS) is 16.4. The predicted molar refractivity (Wildman–Crippen MR) is 154 cm³/mol. The van der Waals surface area contributed by atoms with Crippen molar-refractivity contribution in [2.24, 2.45) is 5.92 Å². The van der Waals surface area contributed by atoms with Gasteiger partial charge in [-0.15, -0.1) is 0 Å². The van der Waals surface area contributed by atoms with Crippen LogP contribution in [0.25, 0.3) is 22.1 Å². The zero-order chi connectivity index (χ0) is 28.2. The fourth-order valence-corrected chi connectivity index (χ4v) is 4.86. The lowest BCUT2D eigenvalue weighted by Gasteiger charge is -2.24. The van der Waals surface area contributed by atoms with E-state index >= 15 is 0 Å². The molecule has 1 aromatic heterocycles. The van der Waals surface area contributed by atoms with Crippen molar-refractivity contribution in [2.75, 3.05) is 26.6 Å². The van der Waals surface area contributed by atoms with Gasteiger partial charge in [-0.05, 0) is 78.9 Å². The van der Waals surface area contributed by atoms with Crippen molar-refractivity contribution in [3.05, 3.63) is 88.8 Å². The quantitative estimate of drug-likeness (QED) is 0.202. The Morgan fingerprint density at radius 1 is 0.950 bits per heavy atom. The fourth-order valence-electron chi connectivity index (χ4n) is 4.86. The van der Waals surface area contributed by atoms with Gasteiger partial charge in [0, 0.05) is 16.5 Å². The molecule has 0 aliphatic heterocycles. The molecule has 5 rings (SSSR count). The molecular formula is C32H31NO7. The van der Waals surface area contributed by atoms with Crippen LogP contribution in [0.15, 0.2) is 82.0 Å². The van der Waals surface area contributed by atoms with Gasteiger partial charge < -0.3 is 28.7 Å². The fraction of sp³-hybridized carbons (Fsp3) is 0.250. The summed E-state index contributed by atoms with van der Waals surface area (Å²) in [6.45, 7) is 2.18. The van der Waals surface area contributed by atoms with Crippen LogP contribution in [-0.2, 0) is 0 Å². The lowest BCUT2D eigenvalue weighted by atomic mass is 9.94.